The number of nitrogens with zero attached hydrogens (tertiary/aromatic N) is 5. The molecule has 8 heteroatoms. The standard InChI is InChI=1S/C20H24N6OS/c21-6-1-7-24-9-11-25(12-10-24)20(27)23-17-2-3-19(22-14-17)26-8-4-18-16(15-26)5-13-28-18/h2-3,5,13-14H,1,4,7-12,15H2,(H,23,27). The summed E-state index contributed by atoms with van der Waals surface area (Å²) in [5.74, 6) is 0.945. The predicted molar refractivity (Wildman–Crippen MR) is 111 cm³/mol. The minimum absolute atomic E-state index is 0.0876. The SMILES string of the molecule is N#CCCN1CCN(C(=O)Nc2ccc(N3CCc4sccc4C3)nc2)CC1. The van der Waals surface area contributed by atoms with Crippen molar-refractivity contribution in [3.8, 4) is 6.07 Å². The lowest BCUT2D eigenvalue weighted by atomic mass is 10.1. The fourth-order valence-corrected chi connectivity index (χ4v) is 4.57. The molecule has 0 unspecified atom stereocenters. The number of pyridine rings is 1. The molecule has 2 aliphatic heterocycles. The molecule has 0 bridgehead atoms. The summed E-state index contributed by atoms with van der Waals surface area (Å²) in [6.45, 7) is 5.63. The number of aromatic nitrogens is 1. The average Bonchev–Trinajstić information content (AvgIpc) is 3.21. The van der Waals surface area contributed by atoms with Crippen molar-refractivity contribution in [3.63, 3.8) is 0 Å². The number of rotatable bonds is 4. The molecule has 0 saturated carbocycles. The molecule has 1 N–H and O–H groups in total. The van der Waals surface area contributed by atoms with E-state index in [9.17, 15) is 4.79 Å². The summed E-state index contributed by atoms with van der Waals surface area (Å²) in [5.41, 5.74) is 2.11. The van der Waals surface area contributed by atoms with Crippen molar-refractivity contribution in [2.75, 3.05) is 49.5 Å². The van der Waals surface area contributed by atoms with Gasteiger partial charge in [-0.25, -0.2) is 9.78 Å². The third-order valence-electron chi connectivity index (χ3n) is 5.33. The molecule has 0 aliphatic carbocycles. The van der Waals surface area contributed by atoms with E-state index in [2.05, 4.69) is 37.6 Å². The van der Waals surface area contributed by atoms with Gasteiger partial charge in [0.15, 0.2) is 0 Å². The first-order chi connectivity index (χ1) is 13.7. The zero-order valence-corrected chi connectivity index (χ0v) is 16.6. The van der Waals surface area contributed by atoms with Crippen LogP contribution in [0.4, 0.5) is 16.3 Å². The highest BCUT2D eigenvalue weighted by molar-refractivity contribution is 7.10. The summed E-state index contributed by atoms with van der Waals surface area (Å²) in [7, 11) is 0. The zero-order chi connectivity index (χ0) is 19.3. The van der Waals surface area contributed by atoms with Crippen LogP contribution in [0.25, 0.3) is 0 Å². The Hall–Kier alpha value is -2.63. The molecule has 1 fully saturated rings. The van der Waals surface area contributed by atoms with E-state index in [-0.39, 0.29) is 6.03 Å². The Bertz CT molecular complexity index is 850. The number of anilines is 2. The molecule has 2 amide bonds. The maximum absolute atomic E-state index is 12.5. The lowest BCUT2D eigenvalue weighted by Gasteiger charge is -2.34. The van der Waals surface area contributed by atoms with Crippen LogP contribution in [0.2, 0.25) is 0 Å². The molecule has 2 aromatic heterocycles. The zero-order valence-electron chi connectivity index (χ0n) is 15.8. The number of fused-ring (bicyclic) bond motifs is 1. The van der Waals surface area contributed by atoms with Gasteiger partial charge in [0.1, 0.15) is 5.82 Å². The molecule has 28 heavy (non-hydrogen) atoms. The fraction of sp³-hybridized carbons (Fsp3) is 0.450. The van der Waals surface area contributed by atoms with Gasteiger partial charge in [-0.1, -0.05) is 0 Å². The van der Waals surface area contributed by atoms with Crippen molar-refractivity contribution in [1.82, 2.24) is 14.8 Å². The van der Waals surface area contributed by atoms with E-state index in [0.29, 0.717) is 25.2 Å². The van der Waals surface area contributed by atoms with E-state index in [1.807, 2.05) is 28.4 Å². The quantitative estimate of drug-likeness (QED) is 0.860. The molecule has 0 atom stereocenters. The molecule has 4 rings (SSSR count). The largest absolute Gasteiger partial charge is 0.352 e. The van der Waals surface area contributed by atoms with Crippen molar-refractivity contribution in [2.45, 2.75) is 19.4 Å². The number of nitrogens with one attached hydrogen (secondary N) is 1. The van der Waals surface area contributed by atoms with Gasteiger partial charge in [0, 0.05) is 57.1 Å². The number of hydrogen-bond donors (Lipinski definition) is 1. The Morgan fingerprint density at radius 3 is 2.82 bits per heavy atom. The number of carbonyl (C=O) groups is 1. The molecular weight excluding hydrogens is 372 g/mol. The molecule has 2 aromatic rings. The van der Waals surface area contributed by atoms with Crippen molar-refractivity contribution >= 4 is 28.9 Å². The molecule has 2 aliphatic rings. The van der Waals surface area contributed by atoms with Gasteiger partial charge in [-0.15, -0.1) is 11.3 Å². The van der Waals surface area contributed by atoms with Gasteiger partial charge in [-0.2, -0.15) is 5.26 Å². The summed E-state index contributed by atoms with van der Waals surface area (Å²) >= 11 is 1.83. The average molecular weight is 397 g/mol. The molecule has 4 heterocycles. The van der Waals surface area contributed by atoms with Crippen molar-refractivity contribution < 1.29 is 4.79 Å². The Morgan fingerprint density at radius 1 is 1.21 bits per heavy atom. The number of amides is 2. The second-order valence-corrected chi connectivity index (χ2v) is 8.11. The number of thiophene rings is 1. The smallest absolute Gasteiger partial charge is 0.321 e. The van der Waals surface area contributed by atoms with E-state index >= 15 is 0 Å². The van der Waals surface area contributed by atoms with Gasteiger partial charge >= 0.3 is 6.03 Å². The van der Waals surface area contributed by atoms with E-state index < -0.39 is 0 Å². The molecular formula is C20H24N6OS. The lowest BCUT2D eigenvalue weighted by molar-refractivity contribution is 0.149. The third kappa shape index (κ3) is 4.26. The topological polar surface area (TPSA) is 75.5 Å². The number of urea groups is 1. The van der Waals surface area contributed by atoms with Gasteiger partial charge in [0.05, 0.1) is 18.0 Å². The monoisotopic (exact) mass is 396 g/mol. The van der Waals surface area contributed by atoms with E-state index in [4.69, 9.17) is 5.26 Å². The number of carbonyl (C=O) groups excluding carboxylic acids is 1. The Labute approximate surface area is 169 Å². The molecule has 0 aromatic carbocycles. The predicted octanol–water partition coefficient (Wildman–Crippen LogP) is 2.77. The molecule has 146 valence electrons. The highest BCUT2D eigenvalue weighted by Gasteiger charge is 2.21. The summed E-state index contributed by atoms with van der Waals surface area (Å²) < 4.78 is 0. The summed E-state index contributed by atoms with van der Waals surface area (Å²) in [5, 5.41) is 13.8. The summed E-state index contributed by atoms with van der Waals surface area (Å²) in [4.78, 5) is 24.9. The first kappa shape index (κ1) is 18.7. The summed E-state index contributed by atoms with van der Waals surface area (Å²) in [6, 6.07) is 8.18. The van der Waals surface area contributed by atoms with Crippen LogP contribution < -0.4 is 10.2 Å². The minimum Gasteiger partial charge on any atom is -0.352 e. The van der Waals surface area contributed by atoms with Crippen LogP contribution in [0.3, 0.4) is 0 Å². The Morgan fingerprint density at radius 2 is 2.07 bits per heavy atom. The molecule has 1 saturated heterocycles. The Kier molecular flexibility index (Phi) is 5.74. The molecule has 0 spiro atoms. The molecule has 0 radical (unpaired) electrons. The Balaban J connectivity index is 1.29. The second-order valence-electron chi connectivity index (χ2n) is 7.11. The lowest BCUT2D eigenvalue weighted by Crippen LogP contribution is -2.50. The number of hydrogen-bond acceptors (Lipinski definition) is 6. The summed E-state index contributed by atoms with van der Waals surface area (Å²) in [6.07, 6.45) is 3.34. The molecule has 7 nitrogen and oxygen atoms in total. The van der Waals surface area contributed by atoms with E-state index in [1.165, 1.54) is 10.4 Å². The van der Waals surface area contributed by atoms with Crippen LogP contribution in [0.15, 0.2) is 29.8 Å². The van der Waals surface area contributed by atoms with Gasteiger partial charge in [-0.05, 0) is 35.6 Å². The van der Waals surface area contributed by atoms with Crippen molar-refractivity contribution in [1.29, 1.82) is 5.26 Å². The fourth-order valence-electron chi connectivity index (χ4n) is 3.68. The number of piperazine rings is 1. The third-order valence-corrected chi connectivity index (χ3v) is 6.35. The minimum atomic E-state index is -0.0876. The second kappa shape index (κ2) is 8.59. The normalized spacial score (nSPS) is 17.1. The van der Waals surface area contributed by atoms with Crippen LogP contribution in [0.1, 0.15) is 16.9 Å². The first-order valence-electron chi connectivity index (χ1n) is 9.64. The van der Waals surface area contributed by atoms with Gasteiger partial charge in [0.2, 0.25) is 0 Å². The van der Waals surface area contributed by atoms with Crippen LogP contribution >= 0.6 is 11.3 Å². The van der Waals surface area contributed by atoms with Gasteiger partial charge in [0.25, 0.3) is 0 Å². The van der Waals surface area contributed by atoms with Crippen LogP contribution in [-0.4, -0.2) is 60.1 Å². The van der Waals surface area contributed by atoms with Gasteiger partial charge < -0.3 is 15.1 Å². The first-order valence-corrected chi connectivity index (χ1v) is 10.5. The van der Waals surface area contributed by atoms with E-state index in [1.54, 1.807) is 6.20 Å². The maximum atomic E-state index is 12.5. The van der Waals surface area contributed by atoms with Crippen molar-refractivity contribution in [2.24, 2.45) is 0 Å². The van der Waals surface area contributed by atoms with E-state index in [0.717, 1.165) is 45.0 Å². The van der Waals surface area contributed by atoms with Gasteiger partial charge in [-0.3, -0.25) is 4.90 Å². The van der Waals surface area contributed by atoms with Crippen LogP contribution in [0.5, 0.6) is 0 Å². The highest BCUT2D eigenvalue weighted by atomic mass is 32.1. The van der Waals surface area contributed by atoms with Crippen LogP contribution in [-0.2, 0) is 13.0 Å². The highest BCUT2D eigenvalue weighted by Crippen LogP contribution is 2.27. The van der Waals surface area contributed by atoms with Crippen LogP contribution in [0, 0.1) is 11.3 Å². The number of nitriles is 1. The van der Waals surface area contributed by atoms with Crippen molar-refractivity contribution in [3.05, 3.63) is 40.2 Å². The maximum Gasteiger partial charge on any atom is 0.321 e.